The van der Waals surface area contributed by atoms with E-state index >= 15 is 0 Å². The molecular formula is C20H26N6O3. The monoisotopic (exact) mass is 398 g/mol. The van der Waals surface area contributed by atoms with Crippen molar-refractivity contribution in [2.75, 3.05) is 12.4 Å². The van der Waals surface area contributed by atoms with Gasteiger partial charge in [0.15, 0.2) is 0 Å². The van der Waals surface area contributed by atoms with Crippen molar-refractivity contribution in [3.63, 3.8) is 0 Å². The van der Waals surface area contributed by atoms with E-state index in [1.807, 2.05) is 13.0 Å². The van der Waals surface area contributed by atoms with Crippen LogP contribution in [0, 0.1) is 24.7 Å². The maximum atomic E-state index is 12.9. The molecule has 2 aliphatic carbocycles. The van der Waals surface area contributed by atoms with Crippen LogP contribution in [0.4, 0.5) is 5.69 Å². The summed E-state index contributed by atoms with van der Waals surface area (Å²) in [4.78, 5) is 24.0. The molecule has 0 saturated heterocycles. The third-order valence-electron chi connectivity index (χ3n) is 5.63. The zero-order valence-electron chi connectivity index (χ0n) is 16.7. The second-order valence-corrected chi connectivity index (χ2v) is 7.95. The van der Waals surface area contributed by atoms with Gasteiger partial charge in [0, 0.05) is 11.8 Å². The average molecular weight is 398 g/mol. The summed E-state index contributed by atoms with van der Waals surface area (Å²) in [6.45, 7) is 2.30. The minimum Gasteiger partial charge on any atom is -0.480 e. The van der Waals surface area contributed by atoms with E-state index in [1.165, 1.54) is 0 Å². The van der Waals surface area contributed by atoms with Gasteiger partial charge in [-0.3, -0.25) is 14.3 Å². The number of carbonyl (C=O) groups excluding carboxylic acids is 2. The van der Waals surface area contributed by atoms with Crippen LogP contribution < -0.4 is 15.4 Å². The Morgan fingerprint density at radius 3 is 2.66 bits per heavy atom. The number of rotatable bonds is 10. The van der Waals surface area contributed by atoms with Crippen LogP contribution in [0.25, 0.3) is 0 Å². The van der Waals surface area contributed by atoms with E-state index < -0.39 is 6.04 Å². The van der Waals surface area contributed by atoms with Crippen LogP contribution >= 0.6 is 0 Å². The number of aromatic nitrogens is 4. The van der Waals surface area contributed by atoms with Gasteiger partial charge >= 0.3 is 0 Å². The van der Waals surface area contributed by atoms with Crippen LogP contribution in [-0.2, 0) is 16.1 Å². The van der Waals surface area contributed by atoms with Crippen molar-refractivity contribution < 1.29 is 14.3 Å². The molecule has 1 unspecified atom stereocenters. The van der Waals surface area contributed by atoms with Crippen LogP contribution in [0.15, 0.2) is 18.5 Å². The number of nitrogens with one attached hydrogen (secondary N) is 2. The molecule has 2 N–H and O–H groups in total. The summed E-state index contributed by atoms with van der Waals surface area (Å²) < 4.78 is 6.96. The molecule has 2 aromatic rings. The molecule has 2 aromatic heterocycles. The largest absolute Gasteiger partial charge is 0.480 e. The summed E-state index contributed by atoms with van der Waals surface area (Å²) in [6.07, 6.45) is 8.57. The molecule has 0 aromatic carbocycles. The normalized spacial score (nSPS) is 17.1. The first-order chi connectivity index (χ1) is 14.1. The van der Waals surface area contributed by atoms with Crippen molar-refractivity contribution >= 4 is 18.0 Å². The molecule has 9 nitrogen and oxygen atoms in total. The van der Waals surface area contributed by atoms with Gasteiger partial charge in [0.05, 0.1) is 31.2 Å². The molecule has 0 radical (unpaired) electrons. The number of methoxy groups -OCH3 is 1. The van der Waals surface area contributed by atoms with E-state index in [1.54, 1.807) is 24.2 Å². The Bertz CT molecular complexity index is 878. The SMILES string of the molecule is COc1nnc(C)cc1Cn1cc(NC(=O)C(NC=O)C(C2CC2)C2CC2)cn1. The zero-order valence-corrected chi connectivity index (χ0v) is 16.7. The number of hydrogen-bond donors (Lipinski definition) is 2. The van der Waals surface area contributed by atoms with Gasteiger partial charge in [-0.25, -0.2) is 0 Å². The molecular weight excluding hydrogens is 372 g/mol. The van der Waals surface area contributed by atoms with Crippen molar-refractivity contribution in [2.45, 2.75) is 45.2 Å². The van der Waals surface area contributed by atoms with Crippen LogP contribution in [0.1, 0.15) is 36.9 Å². The van der Waals surface area contributed by atoms with E-state index in [0.717, 1.165) is 36.9 Å². The molecule has 1 atom stereocenters. The number of ether oxygens (including phenoxy) is 1. The minimum absolute atomic E-state index is 0.181. The Hall–Kier alpha value is -2.97. The summed E-state index contributed by atoms with van der Waals surface area (Å²) in [5.41, 5.74) is 2.23. The summed E-state index contributed by atoms with van der Waals surface area (Å²) in [7, 11) is 1.55. The number of carbonyl (C=O) groups is 2. The lowest BCUT2D eigenvalue weighted by molar-refractivity contribution is -0.123. The highest BCUT2D eigenvalue weighted by Gasteiger charge is 2.47. The fourth-order valence-corrected chi connectivity index (χ4v) is 4.05. The first-order valence-corrected chi connectivity index (χ1v) is 9.99. The molecule has 0 aliphatic heterocycles. The van der Waals surface area contributed by atoms with Crippen molar-refractivity contribution in [2.24, 2.45) is 17.8 Å². The van der Waals surface area contributed by atoms with Gasteiger partial charge < -0.3 is 15.4 Å². The maximum Gasteiger partial charge on any atom is 0.247 e. The predicted octanol–water partition coefficient (Wildman–Crippen LogP) is 1.53. The predicted molar refractivity (Wildman–Crippen MR) is 105 cm³/mol. The van der Waals surface area contributed by atoms with Crippen LogP contribution in [0.2, 0.25) is 0 Å². The number of hydrogen-bond acceptors (Lipinski definition) is 6. The molecule has 154 valence electrons. The summed E-state index contributed by atoms with van der Waals surface area (Å²) >= 11 is 0. The highest BCUT2D eigenvalue weighted by Crippen LogP contribution is 2.50. The lowest BCUT2D eigenvalue weighted by atomic mass is 9.89. The molecule has 2 amide bonds. The summed E-state index contributed by atoms with van der Waals surface area (Å²) in [6, 6.07) is 1.40. The quantitative estimate of drug-likeness (QED) is 0.587. The maximum absolute atomic E-state index is 12.9. The summed E-state index contributed by atoms with van der Waals surface area (Å²) in [5, 5.41) is 18.0. The number of anilines is 1. The van der Waals surface area contributed by atoms with Gasteiger partial charge in [0.25, 0.3) is 0 Å². The van der Waals surface area contributed by atoms with E-state index in [-0.39, 0.29) is 11.8 Å². The van der Waals surface area contributed by atoms with Crippen molar-refractivity contribution in [3.8, 4) is 5.88 Å². The average Bonchev–Trinajstić information content (AvgIpc) is 3.63. The molecule has 0 spiro atoms. The molecule has 9 heteroatoms. The van der Waals surface area contributed by atoms with Crippen molar-refractivity contribution in [1.29, 1.82) is 0 Å². The van der Waals surface area contributed by atoms with E-state index in [0.29, 0.717) is 36.4 Å². The Kier molecular flexibility index (Phi) is 5.46. The third kappa shape index (κ3) is 4.55. The van der Waals surface area contributed by atoms with Crippen LogP contribution in [0.5, 0.6) is 5.88 Å². The van der Waals surface area contributed by atoms with Gasteiger partial charge in [0.2, 0.25) is 18.2 Å². The first kappa shape index (κ1) is 19.4. The topological polar surface area (TPSA) is 111 Å². The summed E-state index contributed by atoms with van der Waals surface area (Å²) in [5.74, 6) is 1.58. The third-order valence-corrected chi connectivity index (χ3v) is 5.63. The highest BCUT2D eigenvalue weighted by atomic mass is 16.5. The fourth-order valence-electron chi connectivity index (χ4n) is 4.05. The molecule has 0 bridgehead atoms. The van der Waals surface area contributed by atoms with Crippen molar-refractivity contribution in [1.82, 2.24) is 25.3 Å². The van der Waals surface area contributed by atoms with Gasteiger partial charge in [-0.05, 0) is 56.4 Å². The molecule has 2 heterocycles. The molecule has 4 rings (SSSR count). The Labute approximate surface area is 169 Å². The fraction of sp³-hybridized carbons (Fsp3) is 0.550. The number of aryl methyl sites for hydroxylation is 1. The van der Waals surface area contributed by atoms with Crippen molar-refractivity contribution in [3.05, 3.63) is 29.7 Å². The molecule has 29 heavy (non-hydrogen) atoms. The van der Waals surface area contributed by atoms with Crippen LogP contribution in [0.3, 0.4) is 0 Å². The number of nitrogens with zero attached hydrogens (tertiary/aromatic N) is 4. The molecule has 2 aliphatic rings. The van der Waals surface area contributed by atoms with Gasteiger partial charge in [-0.2, -0.15) is 10.2 Å². The Balaban J connectivity index is 1.44. The van der Waals surface area contributed by atoms with Gasteiger partial charge in [-0.15, -0.1) is 5.10 Å². The molecule has 2 saturated carbocycles. The standard InChI is InChI=1S/C20H26N6O3/c1-12-7-15(20(29-2)25-24-12)9-26-10-16(8-22-26)23-19(28)18(21-11-27)17(13-3-4-13)14-5-6-14/h7-8,10-11,13-14,17-18H,3-6,9H2,1-2H3,(H,21,27)(H,23,28). The smallest absolute Gasteiger partial charge is 0.247 e. The lowest BCUT2D eigenvalue weighted by Gasteiger charge is -2.25. The second-order valence-electron chi connectivity index (χ2n) is 7.95. The Morgan fingerprint density at radius 1 is 1.31 bits per heavy atom. The van der Waals surface area contributed by atoms with E-state index in [2.05, 4.69) is 25.9 Å². The van der Waals surface area contributed by atoms with E-state index in [4.69, 9.17) is 4.74 Å². The second kappa shape index (κ2) is 8.18. The minimum atomic E-state index is -0.497. The van der Waals surface area contributed by atoms with Crippen LogP contribution in [-0.4, -0.2) is 45.4 Å². The van der Waals surface area contributed by atoms with Gasteiger partial charge in [0.1, 0.15) is 6.04 Å². The van der Waals surface area contributed by atoms with E-state index in [9.17, 15) is 9.59 Å². The van der Waals surface area contributed by atoms with Gasteiger partial charge in [-0.1, -0.05) is 0 Å². The zero-order chi connectivity index (χ0) is 20.4. The number of amides is 2. The highest BCUT2D eigenvalue weighted by molar-refractivity contribution is 5.96. The molecule has 2 fully saturated rings. The lowest BCUT2D eigenvalue weighted by Crippen LogP contribution is -2.47. The first-order valence-electron chi connectivity index (χ1n) is 9.99. The Morgan fingerprint density at radius 2 is 2.03 bits per heavy atom.